The Hall–Kier alpha value is -0.0400. The van der Waals surface area contributed by atoms with Crippen molar-refractivity contribution >= 4 is 0 Å². The Morgan fingerprint density at radius 2 is 1.54 bits per heavy atom. The van der Waals surface area contributed by atoms with Crippen LogP contribution in [0.4, 0.5) is 0 Å². The summed E-state index contributed by atoms with van der Waals surface area (Å²) in [7, 11) is 0. The minimum Gasteiger partial charge on any atom is -0.233 e. The average Bonchev–Trinajstić information content (AvgIpc) is 2.99. The second kappa shape index (κ2) is 7.90. The molecule has 0 heterocycles. The van der Waals surface area contributed by atoms with Gasteiger partial charge in [-0.2, -0.15) is 0 Å². The van der Waals surface area contributed by atoms with Crippen molar-refractivity contribution in [2.45, 2.75) is 118 Å². The van der Waals surface area contributed by atoms with E-state index >= 15 is 0 Å². The minimum absolute atomic E-state index is 0.258. The summed E-state index contributed by atoms with van der Waals surface area (Å²) in [6.45, 7) is 12.6. The van der Waals surface area contributed by atoms with Gasteiger partial charge in [0.25, 0.3) is 0 Å². The summed E-state index contributed by atoms with van der Waals surface area (Å²) in [6.07, 6.45) is 15.9. The fraction of sp³-hybridized carbons (Fsp3) is 1.00. The van der Waals surface area contributed by atoms with E-state index in [1.807, 2.05) is 0 Å². The van der Waals surface area contributed by atoms with Crippen LogP contribution in [0.2, 0.25) is 0 Å². The maximum atomic E-state index is 12.2. The van der Waals surface area contributed by atoms with Gasteiger partial charge < -0.3 is 0 Å². The number of hydrogen-bond donors (Lipinski definition) is 0. The standard InChI is InChI=1S/C27H47O/c1-18(2)7-6-8-19(3)23-11-12-24-22-10-9-20-17-21(28)13-15-26(20,4)25(22)14-16-27(23,24)5/h18-25H,6-17H2,1-5H3/t19-,20+,21?,22+,23-,24+,25+,26+,27-/m1/s1. The molecule has 28 heavy (non-hydrogen) atoms. The number of fused-ring (bicyclic) bond motifs is 5. The third-order valence-corrected chi connectivity index (χ3v) is 10.8. The van der Waals surface area contributed by atoms with Gasteiger partial charge in [-0.15, -0.1) is 0 Å². The Morgan fingerprint density at radius 1 is 0.821 bits per heavy atom. The predicted molar refractivity (Wildman–Crippen MR) is 118 cm³/mol. The molecule has 0 aliphatic heterocycles. The van der Waals surface area contributed by atoms with E-state index in [2.05, 4.69) is 34.6 Å². The molecule has 4 aliphatic carbocycles. The molecular formula is C27H47O. The normalized spacial score (nSPS) is 49.4. The molecule has 0 amide bonds. The van der Waals surface area contributed by atoms with E-state index in [4.69, 9.17) is 0 Å². The third-order valence-electron chi connectivity index (χ3n) is 10.8. The summed E-state index contributed by atoms with van der Waals surface area (Å²) in [5.41, 5.74) is 1.10. The Labute approximate surface area is 175 Å². The van der Waals surface area contributed by atoms with E-state index in [1.165, 1.54) is 64.2 Å². The Kier molecular flexibility index (Phi) is 5.98. The van der Waals surface area contributed by atoms with E-state index in [0.29, 0.717) is 10.8 Å². The summed E-state index contributed by atoms with van der Waals surface area (Å²) < 4.78 is 0. The van der Waals surface area contributed by atoms with E-state index in [9.17, 15) is 5.11 Å². The van der Waals surface area contributed by atoms with E-state index in [1.54, 1.807) is 0 Å². The first-order chi connectivity index (χ1) is 13.3. The van der Waals surface area contributed by atoms with E-state index in [0.717, 1.165) is 54.3 Å². The molecule has 4 fully saturated rings. The minimum atomic E-state index is -0.258. The molecule has 9 atom stereocenters. The molecule has 161 valence electrons. The Balaban J connectivity index is 1.46. The van der Waals surface area contributed by atoms with Crippen LogP contribution in [0.15, 0.2) is 0 Å². The molecule has 0 N–H and O–H groups in total. The van der Waals surface area contributed by atoms with Gasteiger partial charge in [0.05, 0.1) is 6.10 Å². The summed E-state index contributed by atoms with van der Waals surface area (Å²) in [5, 5.41) is 12.2. The van der Waals surface area contributed by atoms with Crippen molar-refractivity contribution in [2.75, 3.05) is 0 Å². The van der Waals surface area contributed by atoms with Crippen LogP contribution in [0.5, 0.6) is 0 Å². The molecule has 0 bridgehead atoms. The van der Waals surface area contributed by atoms with Crippen molar-refractivity contribution in [1.29, 1.82) is 0 Å². The highest BCUT2D eigenvalue weighted by atomic mass is 16.3. The van der Waals surface area contributed by atoms with Crippen molar-refractivity contribution in [3.8, 4) is 0 Å². The largest absolute Gasteiger partial charge is 0.233 e. The van der Waals surface area contributed by atoms with Crippen LogP contribution in [0.3, 0.4) is 0 Å². The van der Waals surface area contributed by atoms with Gasteiger partial charge in [0, 0.05) is 0 Å². The summed E-state index contributed by atoms with van der Waals surface area (Å²) in [5.74, 6) is 6.34. The predicted octanol–water partition coefficient (Wildman–Crippen LogP) is 7.91. The first-order valence-electron chi connectivity index (χ1n) is 12.9. The number of hydrogen-bond acceptors (Lipinski definition) is 0. The quantitative estimate of drug-likeness (QED) is 0.457. The van der Waals surface area contributed by atoms with Crippen molar-refractivity contribution in [2.24, 2.45) is 52.3 Å². The molecule has 1 unspecified atom stereocenters. The molecule has 0 aromatic heterocycles. The van der Waals surface area contributed by atoms with Crippen molar-refractivity contribution < 1.29 is 5.11 Å². The maximum Gasteiger partial charge on any atom is 0.0933 e. The highest BCUT2D eigenvalue weighted by Gasteiger charge is 2.60. The summed E-state index contributed by atoms with van der Waals surface area (Å²) in [6, 6.07) is 0. The zero-order chi connectivity index (χ0) is 20.1. The van der Waals surface area contributed by atoms with Crippen molar-refractivity contribution in [1.82, 2.24) is 0 Å². The van der Waals surface area contributed by atoms with Crippen LogP contribution >= 0.6 is 0 Å². The van der Waals surface area contributed by atoms with Crippen LogP contribution < -0.4 is 0 Å². The molecule has 1 nitrogen and oxygen atoms in total. The SMILES string of the molecule is CC(C)CCC[C@@H](C)[C@H]1CC[C@H]2[C@@H]3CC[C@H]4CC([O])CC[C@]4(C)[C@H]3CC[C@]12C. The van der Waals surface area contributed by atoms with Crippen LogP contribution in [0, 0.1) is 52.3 Å². The zero-order valence-electron chi connectivity index (χ0n) is 19.5. The van der Waals surface area contributed by atoms with Gasteiger partial charge in [0.15, 0.2) is 0 Å². The molecule has 4 rings (SSSR count). The fourth-order valence-electron chi connectivity index (χ4n) is 9.24. The van der Waals surface area contributed by atoms with Gasteiger partial charge in [-0.25, -0.2) is 5.11 Å². The fourth-order valence-corrected chi connectivity index (χ4v) is 9.24. The lowest BCUT2D eigenvalue weighted by molar-refractivity contribution is -0.136. The van der Waals surface area contributed by atoms with E-state index < -0.39 is 0 Å². The molecule has 0 spiro atoms. The second-order valence-corrected chi connectivity index (χ2v) is 12.6. The van der Waals surface area contributed by atoms with Gasteiger partial charge in [-0.05, 0) is 110 Å². The lowest BCUT2D eigenvalue weighted by atomic mass is 9.44. The van der Waals surface area contributed by atoms with Crippen LogP contribution in [-0.4, -0.2) is 6.10 Å². The van der Waals surface area contributed by atoms with Gasteiger partial charge >= 0.3 is 0 Å². The van der Waals surface area contributed by atoms with Gasteiger partial charge in [0.2, 0.25) is 0 Å². The summed E-state index contributed by atoms with van der Waals surface area (Å²) in [4.78, 5) is 0. The van der Waals surface area contributed by atoms with Gasteiger partial charge in [-0.1, -0.05) is 53.9 Å². The van der Waals surface area contributed by atoms with Crippen molar-refractivity contribution in [3.05, 3.63) is 0 Å². The second-order valence-electron chi connectivity index (χ2n) is 12.6. The third kappa shape index (κ3) is 3.50. The van der Waals surface area contributed by atoms with Crippen molar-refractivity contribution in [3.63, 3.8) is 0 Å². The number of rotatable bonds is 5. The highest BCUT2D eigenvalue weighted by Crippen LogP contribution is 2.68. The first kappa shape index (κ1) is 21.2. The monoisotopic (exact) mass is 387 g/mol. The topological polar surface area (TPSA) is 19.9 Å². The molecule has 0 aromatic rings. The smallest absolute Gasteiger partial charge is 0.0933 e. The molecule has 4 aliphatic rings. The molecule has 0 saturated heterocycles. The summed E-state index contributed by atoms with van der Waals surface area (Å²) >= 11 is 0. The molecule has 0 aromatic carbocycles. The van der Waals surface area contributed by atoms with Crippen LogP contribution in [0.1, 0.15) is 112 Å². The molecule has 4 saturated carbocycles. The molecular weight excluding hydrogens is 340 g/mol. The van der Waals surface area contributed by atoms with Gasteiger partial charge in [-0.3, -0.25) is 0 Å². The Bertz CT molecular complexity index is 540. The average molecular weight is 388 g/mol. The van der Waals surface area contributed by atoms with Gasteiger partial charge in [0.1, 0.15) is 0 Å². The van der Waals surface area contributed by atoms with E-state index in [-0.39, 0.29) is 6.10 Å². The highest BCUT2D eigenvalue weighted by molar-refractivity contribution is 5.09. The zero-order valence-corrected chi connectivity index (χ0v) is 19.5. The molecule has 1 radical (unpaired) electrons. The Morgan fingerprint density at radius 3 is 2.29 bits per heavy atom. The van der Waals surface area contributed by atoms with Crippen LogP contribution in [-0.2, 0) is 5.11 Å². The lowest BCUT2D eigenvalue weighted by Crippen LogP contribution is -2.54. The first-order valence-corrected chi connectivity index (χ1v) is 12.9. The lowest BCUT2D eigenvalue weighted by Gasteiger charge is -2.61. The molecule has 1 heteroatoms. The van der Waals surface area contributed by atoms with Crippen LogP contribution in [0.25, 0.3) is 0 Å². The maximum absolute atomic E-state index is 12.2.